The van der Waals surface area contributed by atoms with Crippen molar-refractivity contribution in [3.05, 3.63) is 18.5 Å². The van der Waals surface area contributed by atoms with Gasteiger partial charge in [-0.3, -0.25) is 15.0 Å². The molecule has 0 radical (unpaired) electrons. The molecule has 2 heterocycles. The van der Waals surface area contributed by atoms with E-state index in [2.05, 4.69) is 27.6 Å². The van der Waals surface area contributed by atoms with E-state index < -0.39 is 17.5 Å². The van der Waals surface area contributed by atoms with Gasteiger partial charge in [0.25, 0.3) is 5.91 Å². The van der Waals surface area contributed by atoms with E-state index in [9.17, 15) is 14.4 Å². The van der Waals surface area contributed by atoms with Crippen molar-refractivity contribution in [2.45, 2.75) is 43.3 Å². The van der Waals surface area contributed by atoms with Crippen LogP contribution in [-0.4, -0.2) is 44.1 Å². The number of nitrogens with one attached hydrogen (secondary N) is 2. The lowest BCUT2D eigenvalue weighted by atomic mass is 9.77. The van der Waals surface area contributed by atoms with Gasteiger partial charge in [-0.15, -0.1) is 0 Å². The average Bonchev–Trinajstić information content (AvgIpc) is 2.81. The number of aromatic nitrogens is 2. The highest BCUT2D eigenvalue weighted by Crippen LogP contribution is 2.35. The summed E-state index contributed by atoms with van der Waals surface area (Å²) >= 11 is 1.14. The lowest BCUT2D eigenvalue weighted by molar-refractivity contribution is -0.139. The van der Waals surface area contributed by atoms with E-state index in [0.29, 0.717) is 23.9 Å². The number of amides is 4. The molecule has 4 amide bonds. The van der Waals surface area contributed by atoms with Crippen LogP contribution in [0.15, 0.2) is 23.6 Å². The molecule has 0 atom stereocenters. The van der Waals surface area contributed by atoms with Gasteiger partial charge in [0.05, 0.1) is 5.75 Å². The zero-order chi connectivity index (χ0) is 17.2. The third kappa shape index (κ3) is 3.35. The lowest BCUT2D eigenvalue weighted by Crippen LogP contribution is -2.51. The summed E-state index contributed by atoms with van der Waals surface area (Å²) in [5, 5.41) is 4.03. The highest BCUT2D eigenvalue weighted by Gasteiger charge is 2.52. The molecule has 1 aliphatic heterocycles. The van der Waals surface area contributed by atoms with Crippen LogP contribution in [0, 0.1) is 5.92 Å². The first-order valence-electron chi connectivity index (χ1n) is 7.86. The van der Waals surface area contributed by atoms with E-state index in [4.69, 9.17) is 0 Å². The Labute approximate surface area is 143 Å². The monoisotopic (exact) mass is 349 g/mol. The molecule has 24 heavy (non-hydrogen) atoms. The highest BCUT2D eigenvalue weighted by atomic mass is 32.2. The molecule has 2 fully saturated rings. The molecule has 1 aromatic rings. The van der Waals surface area contributed by atoms with E-state index >= 15 is 0 Å². The fourth-order valence-electron chi connectivity index (χ4n) is 2.96. The molecular weight excluding hydrogens is 330 g/mol. The van der Waals surface area contributed by atoms with Gasteiger partial charge in [-0.1, -0.05) is 18.7 Å². The van der Waals surface area contributed by atoms with E-state index in [-0.39, 0.29) is 11.7 Å². The van der Waals surface area contributed by atoms with Crippen LogP contribution in [0.5, 0.6) is 0 Å². The molecular formula is C15H19N5O3S. The summed E-state index contributed by atoms with van der Waals surface area (Å²) in [7, 11) is 0. The second-order valence-electron chi connectivity index (χ2n) is 6.19. The number of imide groups is 1. The Balaban J connectivity index is 1.57. The van der Waals surface area contributed by atoms with Gasteiger partial charge in [-0.2, -0.15) is 5.01 Å². The van der Waals surface area contributed by atoms with Crippen molar-refractivity contribution in [1.29, 1.82) is 0 Å². The van der Waals surface area contributed by atoms with Crippen molar-refractivity contribution in [1.82, 2.24) is 25.7 Å². The molecule has 1 aromatic heterocycles. The molecule has 0 aromatic carbocycles. The Kier molecular flexibility index (Phi) is 4.70. The first kappa shape index (κ1) is 16.7. The second kappa shape index (κ2) is 6.76. The molecule has 1 aliphatic carbocycles. The molecule has 128 valence electrons. The molecule has 0 bridgehead atoms. The summed E-state index contributed by atoms with van der Waals surface area (Å²) in [6.07, 6.45) is 6.15. The first-order chi connectivity index (χ1) is 11.5. The highest BCUT2D eigenvalue weighted by molar-refractivity contribution is 7.99. The smallest absolute Gasteiger partial charge is 0.322 e. The predicted molar refractivity (Wildman–Crippen MR) is 86.6 cm³/mol. The van der Waals surface area contributed by atoms with Crippen molar-refractivity contribution in [3.8, 4) is 0 Å². The Morgan fingerprint density at radius 3 is 2.71 bits per heavy atom. The minimum atomic E-state index is -0.855. The molecule has 8 nitrogen and oxygen atoms in total. The number of carbonyl (C=O) groups excluding carboxylic acids is 3. The SMILES string of the molecule is CC1CCC2(CC1)NC(=O)N(NC(=O)CSc1ncccn1)C2=O. The Hall–Kier alpha value is -2.16. The number of hydrogen-bond acceptors (Lipinski definition) is 6. The third-order valence-corrected chi connectivity index (χ3v) is 5.28. The summed E-state index contributed by atoms with van der Waals surface area (Å²) < 4.78 is 0. The molecule has 1 saturated carbocycles. The normalized spacial score (nSPS) is 26.5. The zero-order valence-electron chi connectivity index (χ0n) is 13.3. The molecule has 0 unspecified atom stereocenters. The second-order valence-corrected chi connectivity index (χ2v) is 7.13. The molecule has 2 N–H and O–H groups in total. The van der Waals surface area contributed by atoms with Crippen LogP contribution in [0.3, 0.4) is 0 Å². The minimum absolute atomic E-state index is 0.0190. The molecule has 1 saturated heterocycles. The molecule has 1 spiro atoms. The van der Waals surface area contributed by atoms with Crippen molar-refractivity contribution < 1.29 is 14.4 Å². The van der Waals surface area contributed by atoms with Gasteiger partial charge in [0, 0.05) is 12.4 Å². The van der Waals surface area contributed by atoms with E-state index in [1.807, 2.05) is 0 Å². The quantitative estimate of drug-likeness (QED) is 0.479. The van der Waals surface area contributed by atoms with Gasteiger partial charge < -0.3 is 5.32 Å². The number of urea groups is 1. The van der Waals surface area contributed by atoms with Gasteiger partial charge in [-0.25, -0.2) is 14.8 Å². The van der Waals surface area contributed by atoms with E-state index in [1.165, 1.54) is 0 Å². The third-order valence-electron chi connectivity index (χ3n) is 4.40. The van der Waals surface area contributed by atoms with Crippen LogP contribution >= 0.6 is 11.8 Å². The van der Waals surface area contributed by atoms with Gasteiger partial charge >= 0.3 is 6.03 Å². The van der Waals surface area contributed by atoms with Crippen LogP contribution in [0.1, 0.15) is 32.6 Å². The summed E-state index contributed by atoms with van der Waals surface area (Å²) in [6.45, 7) is 2.14. The number of hydrogen-bond donors (Lipinski definition) is 2. The average molecular weight is 349 g/mol. The first-order valence-corrected chi connectivity index (χ1v) is 8.85. The predicted octanol–water partition coefficient (Wildman–Crippen LogP) is 1.10. The van der Waals surface area contributed by atoms with Crippen molar-refractivity contribution in [2.24, 2.45) is 5.92 Å². The Morgan fingerprint density at radius 2 is 2.04 bits per heavy atom. The van der Waals surface area contributed by atoms with Gasteiger partial charge in [0.1, 0.15) is 5.54 Å². The fourth-order valence-corrected chi connectivity index (χ4v) is 3.56. The number of carbonyl (C=O) groups is 3. The van der Waals surface area contributed by atoms with E-state index in [1.54, 1.807) is 18.5 Å². The minimum Gasteiger partial charge on any atom is -0.322 e. The zero-order valence-corrected chi connectivity index (χ0v) is 14.1. The van der Waals surface area contributed by atoms with Gasteiger partial charge in [0.2, 0.25) is 5.91 Å². The summed E-state index contributed by atoms with van der Waals surface area (Å²) in [4.78, 5) is 44.7. The van der Waals surface area contributed by atoms with Gasteiger partial charge in [0.15, 0.2) is 5.16 Å². The summed E-state index contributed by atoms with van der Waals surface area (Å²) in [5.74, 6) is -0.248. The molecule has 9 heteroatoms. The summed E-state index contributed by atoms with van der Waals surface area (Å²) in [6, 6.07) is 1.12. The van der Waals surface area contributed by atoms with Crippen LogP contribution in [0.2, 0.25) is 0 Å². The number of hydrazine groups is 1. The maximum absolute atomic E-state index is 12.6. The fraction of sp³-hybridized carbons (Fsp3) is 0.533. The van der Waals surface area contributed by atoms with E-state index in [0.717, 1.165) is 29.6 Å². The largest absolute Gasteiger partial charge is 0.344 e. The molecule has 3 rings (SSSR count). The van der Waals surface area contributed by atoms with Crippen LogP contribution in [0.4, 0.5) is 4.79 Å². The number of nitrogens with zero attached hydrogens (tertiary/aromatic N) is 3. The number of thioether (sulfide) groups is 1. The standard InChI is InChI=1S/C15H19N5O3S/c1-10-3-5-15(6-4-10)12(22)20(14(23)18-15)19-11(21)9-24-13-16-7-2-8-17-13/h2,7-8,10H,3-6,9H2,1H3,(H,18,23)(H,19,21). The molecule has 2 aliphatic rings. The maximum atomic E-state index is 12.6. The van der Waals surface area contributed by atoms with Gasteiger partial charge in [-0.05, 0) is 37.7 Å². The number of rotatable bonds is 4. The lowest BCUT2D eigenvalue weighted by Gasteiger charge is -2.33. The van der Waals surface area contributed by atoms with Crippen molar-refractivity contribution in [2.75, 3.05) is 5.75 Å². The maximum Gasteiger partial charge on any atom is 0.344 e. The topological polar surface area (TPSA) is 104 Å². The Morgan fingerprint density at radius 1 is 1.38 bits per heavy atom. The van der Waals surface area contributed by atoms with Crippen LogP contribution in [-0.2, 0) is 9.59 Å². The van der Waals surface area contributed by atoms with Crippen LogP contribution in [0.25, 0.3) is 0 Å². The van der Waals surface area contributed by atoms with Crippen molar-refractivity contribution in [3.63, 3.8) is 0 Å². The Bertz CT molecular complexity index is 646. The summed E-state index contributed by atoms with van der Waals surface area (Å²) in [5.41, 5.74) is 1.53. The van der Waals surface area contributed by atoms with Crippen molar-refractivity contribution >= 4 is 29.6 Å². The van der Waals surface area contributed by atoms with Crippen LogP contribution < -0.4 is 10.7 Å².